The smallest absolute Gasteiger partial charge is 0.251 e. The number of hydrogen-bond acceptors (Lipinski definition) is 5. The Morgan fingerprint density at radius 3 is 2.76 bits per heavy atom. The number of methoxy groups -OCH3 is 1. The monoisotopic (exact) mass is 339 g/mol. The zero-order valence-electron chi connectivity index (χ0n) is 13.8. The van der Waals surface area contributed by atoms with Crippen LogP contribution in [0.5, 0.6) is 5.75 Å². The van der Waals surface area contributed by atoms with E-state index in [4.69, 9.17) is 9.26 Å². The summed E-state index contributed by atoms with van der Waals surface area (Å²) in [5.41, 5.74) is 2.02. The van der Waals surface area contributed by atoms with Gasteiger partial charge in [-0.25, -0.2) is 0 Å². The van der Waals surface area contributed by atoms with Gasteiger partial charge in [0, 0.05) is 18.0 Å². The third-order valence-corrected chi connectivity index (χ3v) is 3.74. The maximum Gasteiger partial charge on any atom is 0.251 e. The lowest BCUT2D eigenvalue weighted by molar-refractivity contribution is -0.115. The van der Waals surface area contributed by atoms with E-state index in [2.05, 4.69) is 15.8 Å². The fourth-order valence-electron chi connectivity index (χ4n) is 2.50. The second-order valence-electron chi connectivity index (χ2n) is 5.34. The summed E-state index contributed by atoms with van der Waals surface area (Å²) in [5.74, 6) is -0.0712. The number of hydrogen-bond donors (Lipinski definition) is 2. The molecule has 2 aromatic carbocycles. The Morgan fingerprint density at radius 2 is 2.00 bits per heavy atom. The number of rotatable bonds is 5. The van der Waals surface area contributed by atoms with E-state index in [9.17, 15) is 9.59 Å². The molecule has 0 unspecified atom stereocenters. The summed E-state index contributed by atoms with van der Waals surface area (Å²) in [6, 6.07) is 12.2. The minimum Gasteiger partial charge on any atom is -0.495 e. The van der Waals surface area contributed by atoms with Crippen LogP contribution in [0.3, 0.4) is 0 Å². The number of fused-ring (bicyclic) bond motifs is 1. The summed E-state index contributed by atoms with van der Waals surface area (Å²) in [6.45, 7) is 0. The van der Waals surface area contributed by atoms with E-state index in [-0.39, 0.29) is 18.2 Å². The first-order chi connectivity index (χ1) is 12.1. The number of amides is 2. The Hall–Kier alpha value is -3.35. The summed E-state index contributed by atoms with van der Waals surface area (Å²) in [5, 5.41) is 10.0. The standard InChI is InChI=1S/C18H17N3O4/c1-19-18(23)11-7-8-16(24-2)14(9-11)20-17(22)10-13-12-5-3-4-6-15(12)25-21-13/h3-9H,10H2,1-2H3,(H,19,23)(H,20,22). The number of carbonyl (C=O) groups is 2. The van der Waals surface area contributed by atoms with Gasteiger partial charge in [-0.1, -0.05) is 17.3 Å². The van der Waals surface area contributed by atoms with Gasteiger partial charge in [0.25, 0.3) is 5.91 Å². The number of nitrogens with zero attached hydrogens (tertiary/aromatic N) is 1. The van der Waals surface area contributed by atoms with Gasteiger partial charge in [-0.3, -0.25) is 9.59 Å². The molecule has 0 radical (unpaired) electrons. The van der Waals surface area contributed by atoms with Crippen molar-refractivity contribution < 1.29 is 18.8 Å². The van der Waals surface area contributed by atoms with Crippen molar-refractivity contribution in [1.29, 1.82) is 0 Å². The van der Waals surface area contributed by atoms with Crippen LogP contribution in [-0.4, -0.2) is 31.1 Å². The van der Waals surface area contributed by atoms with Gasteiger partial charge >= 0.3 is 0 Å². The predicted octanol–water partition coefficient (Wildman–Crippen LogP) is 2.38. The Balaban J connectivity index is 1.81. The average molecular weight is 339 g/mol. The van der Waals surface area contributed by atoms with Gasteiger partial charge in [0.2, 0.25) is 5.91 Å². The third-order valence-electron chi connectivity index (χ3n) is 3.74. The molecule has 3 aromatic rings. The Morgan fingerprint density at radius 1 is 1.20 bits per heavy atom. The minimum atomic E-state index is -0.286. The van der Waals surface area contributed by atoms with Crippen LogP contribution in [0, 0.1) is 0 Å². The highest BCUT2D eigenvalue weighted by Crippen LogP contribution is 2.26. The quantitative estimate of drug-likeness (QED) is 0.744. The van der Waals surface area contributed by atoms with Crippen LogP contribution in [0.2, 0.25) is 0 Å². The number of ether oxygens (including phenoxy) is 1. The number of carbonyl (C=O) groups excluding carboxylic acids is 2. The number of aromatic nitrogens is 1. The molecule has 0 saturated heterocycles. The Labute approximate surface area is 143 Å². The Kier molecular flexibility index (Phi) is 4.65. The molecular formula is C18H17N3O4. The van der Waals surface area contributed by atoms with Crippen molar-refractivity contribution >= 4 is 28.5 Å². The third kappa shape index (κ3) is 3.45. The van der Waals surface area contributed by atoms with Crippen molar-refractivity contribution in [2.24, 2.45) is 0 Å². The number of anilines is 1. The molecule has 1 aromatic heterocycles. The number of benzene rings is 2. The van der Waals surface area contributed by atoms with Crippen LogP contribution < -0.4 is 15.4 Å². The van der Waals surface area contributed by atoms with Crippen LogP contribution in [0.4, 0.5) is 5.69 Å². The zero-order valence-corrected chi connectivity index (χ0v) is 13.8. The molecule has 0 saturated carbocycles. The molecule has 7 nitrogen and oxygen atoms in total. The van der Waals surface area contributed by atoms with Gasteiger partial charge in [0.15, 0.2) is 5.58 Å². The van der Waals surface area contributed by atoms with Crippen molar-refractivity contribution in [2.45, 2.75) is 6.42 Å². The molecular weight excluding hydrogens is 322 g/mol. The van der Waals surface area contributed by atoms with Crippen molar-refractivity contribution in [3.8, 4) is 5.75 Å². The predicted molar refractivity (Wildman–Crippen MR) is 92.7 cm³/mol. The number of nitrogens with one attached hydrogen (secondary N) is 2. The molecule has 1 heterocycles. The van der Waals surface area contributed by atoms with Gasteiger partial charge in [-0.05, 0) is 30.3 Å². The van der Waals surface area contributed by atoms with Crippen LogP contribution in [0.25, 0.3) is 11.0 Å². The fourth-order valence-corrected chi connectivity index (χ4v) is 2.50. The molecule has 0 spiro atoms. The van der Waals surface area contributed by atoms with Crippen LogP contribution >= 0.6 is 0 Å². The summed E-state index contributed by atoms with van der Waals surface area (Å²) in [4.78, 5) is 24.2. The van der Waals surface area contributed by atoms with Crippen molar-refractivity contribution in [1.82, 2.24) is 10.5 Å². The van der Waals surface area contributed by atoms with Crippen molar-refractivity contribution in [2.75, 3.05) is 19.5 Å². The largest absolute Gasteiger partial charge is 0.495 e. The topological polar surface area (TPSA) is 93.5 Å². The van der Waals surface area contributed by atoms with Gasteiger partial charge < -0.3 is 19.9 Å². The van der Waals surface area contributed by atoms with E-state index in [1.165, 1.54) is 7.11 Å². The molecule has 2 N–H and O–H groups in total. The highest BCUT2D eigenvalue weighted by molar-refractivity contribution is 5.99. The minimum absolute atomic E-state index is 0.0460. The molecule has 2 amide bonds. The van der Waals surface area contributed by atoms with E-state index in [1.807, 2.05) is 18.2 Å². The van der Waals surface area contributed by atoms with Crippen molar-refractivity contribution in [3.05, 3.63) is 53.7 Å². The summed E-state index contributed by atoms with van der Waals surface area (Å²) < 4.78 is 10.4. The molecule has 128 valence electrons. The lowest BCUT2D eigenvalue weighted by Gasteiger charge is -2.11. The van der Waals surface area contributed by atoms with E-state index in [0.29, 0.717) is 28.3 Å². The molecule has 0 atom stereocenters. The first-order valence-electron chi connectivity index (χ1n) is 7.65. The second-order valence-corrected chi connectivity index (χ2v) is 5.34. The second kappa shape index (κ2) is 7.04. The molecule has 3 rings (SSSR count). The van der Waals surface area contributed by atoms with Gasteiger partial charge in [-0.2, -0.15) is 0 Å². The normalized spacial score (nSPS) is 10.5. The van der Waals surface area contributed by atoms with Crippen LogP contribution in [-0.2, 0) is 11.2 Å². The summed E-state index contributed by atoms with van der Waals surface area (Å²) >= 11 is 0. The maximum absolute atomic E-state index is 12.4. The molecule has 25 heavy (non-hydrogen) atoms. The average Bonchev–Trinajstić information content (AvgIpc) is 3.04. The molecule has 0 aliphatic rings. The first-order valence-corrected chi connectivity index (χ1v) is 7.65. The molecule has 7 heteroatoms. The molecule has 0 fully saturated rings. The molecule has 0 aliphatic heterocycles. The summed E-state index contributed by atoms with van der Waals surface area (Å²) in [7, 11) is 3.04. The van der Waals surface area contributed by atoms with Gasteiger partial charge in [-0.15, -0.1) is 0 Å². The van der Waals surface area contributed by atoms with Crippen LogP contribution in [0.1, 0.15) is 16.1 Å². The van der Waals surface area contributed by atoms with Crippen molar-refractivity contribution in [3.63, 3.8) is 0 Å². The number of para-hydroxylation sites is 1. The molecule has 0 aliphatic carbocycles. The lowest BCUT2D eigenvalue weighted by atomic mass is 10.1. The lowest BCUT2D eigenvalue weighted by Crippen LogP contribution is -2.19. The van der Waals surface area contributed by atoms with Gasteiger partial charge in [0.1, 0.15) is 11.4 Å². The summed E-state index contributed by atoms with van der Waals surface area (Å²) in [6.07, 6.45) is 0.0460. The molecule has 0 bridgehead atoms. The fraction of sp³-hybridized carbons (Fsp3) is 0.167. The van der Waals surface area contributed by atoms with E-state index >= 15 is 0 Å². The van der Waals surface area contributed by atoms with Gasteiger partial charge in [0.05, 0.1) is 19.2 Å². The highest BCUT2D eigenvalue weighted by Gasteiger charge is 2.15. The van der Waals surface area contributed by atoms with E-state index in [1.54, 1.807) is 31.3 Å². The first kappa shape index (κ1) is 16.5. The van der Waals surface area contributed by atoms with Crippen LogP contribution in [0.15, 0.2) is 47.0 Å². The zero-order chi connectivity index (χ0) is 17.8. The highest BCUT2D eigenvalue weighted by atomic mass is 16.5. The maximum atomic E-state index is 12.4. The Bertz CT molecular complexity index is 933. The van der Waals surface area contributed by atoms with E-state index in [0.717, 1.165) is 5.39 Å². The van der Waals surface area contributed by atoms with E-state index < -0.39 is 0 Å². The SMILES string of the molecule is CNC(=O)c1ccc(OC)c(NC(=O)Cc2noc3ccccc23)c1.